The van der Waals surface area contributed by atoms with Gasteiger partial charge in [-0.2, -0.15) is 0 Å². The first kappa shape index (κ1) is 12.9. The minimum Gasteiger partial charge on any atom is -0.330 e. The summed E-state index contributed by atoms with van der Waals surface area (Å²) in [6, 6.07) is 9.11. The fraction of sp³-hybridized carbons (Fsp3) is 0.684. The van der Waals surface area contributed by atoms with E-state index in [-0.39, 0.29) is 0 Å². The molecular formula is C19H27N. The molecule has 4 fully saturated rings. The maximum absolute atomic E-state index is 6.23. The van der Waals surface area contributed by atoms with E-state index in [0.29, 0.717) is 5.92 Å². The monoisotopic (exact) mass is 269 g/mol. The molecule has 0 aromatic heterocycles. The number of aryl methyl sites for hydroxylation is 1. The van der Waals surface area contributed by atoms with E-state index in [1.807, 2.05) is 0 Å². The Morgan fingerprint density at radius 1 is 1.05 bits per heavy atom. The van der Waals surface area contributed by atoms with Crippen molar-refractivity contribution in [3.8, 4) is 0 Å². The lowest BCUT2D eigenvalue weighted by Crippen LogP contribution is -2.48. The SMILES string of the molecule is Cc1cccc(C(CN)C2C3CC4CC(C3)CC2C4)c1. The van der Waals surface area contributed by atoms with Gasteiger partial charge in [0.25, 0.3) is 0 Å². The Balaban J connectivity index is 1.65. The van der Waals surface area contributed by atoms with Crippen LogP contribution in [-0.4, -0.2) is 6.54 Å². The molecule has 4 bridgehead atoms. The molecule has 1 atom stereocenters. The molecule has 0 heterocycles. The summed E-state index contributed by atoms with van der Waals surface area (Å²) in [5.74, 6) is 5.54. The van der Waals surface area contributed by atoms with E-state index in [0.717, 1.165) is 36.1 Å². The van der Waals surface area contributed by atoms with Crippen LogP contribution in [0.2, 0.25) is 0 Å². The summed E-state index contributed by atoms with van der Waals surface area (Å²) in [5.41, 5.74) is 9.12. The van der Waals surface area contributed by atoms with Crippen molar-refractivity contribution in [2.75, 3.05) is 6.54 Å². The highest BCUT2D eigenvalue weighted by molar-refractivity contribution is 5.27. The fourth-order valence-electron chi connectivity index (χ4n) is 6.04. The standard InChI is InChI=1S/C19H27N/c1-12-3-2-4-15(5-12)18(11-20)19-16-7-13-6-14(9-16)10-17(19)8-13/h2-5,13-14,16-19H,6-11,20H2,1H3. The van der Waals surface area contributed by atoms with Gasteiger partial charge in [-0.25, -0.2) is 0 Å². The van der Waals surface area contributed by atoms with E-state index in [9.17, 15) is 0 Å². The molecule has 5 rings (SSSR count). The van der Waals surface area contributed by atoms with Gasteiger partial charge < -0.3 is 5.73 Å². The van der Waals surface area contributed by atoms with E-state index >= 15 is 0 Å². The Bertz CT molecular complexity index is 464. The molecule has 0 aliphatic heterocycles. The third-order valence-electron chi connectivity index (χ3n) is 6.49. The summed E-state index contributed by atoms with van der Waals surface area (Å²) in [5, 5.41) is 0. The van der Waals surface area contributed by atoms with Crippen LogP contribution in [0.5, 0.6) is 0 Å². The van der Waals surface area contributed by atoms with Crippen molar-refractivity contribution in [3.05, 3.63) is 35.4 Å². The van der Waals surface area contributed by atoms with Gasteiger partial charge >= 0.3 is 0 Å². The van der Waals surface area contributed by atoms with Crippen molar-refractivity contribution in [2.24, 2.45) is 35.3 Å². The molecule has 20 heavy (non-hydrogen) atoms. The minimum absolute atomic E-state index is 0.602. The van der Waals surface area contributed by atoms with Crippen LogP contribution in [0, 0.1) is 36.5 Å². The number of hydrogen-bond donors (Lipinski definition) is 1. The first-order valence-electron chi connectivity index (χ1n) is 8.51. The van der Waals surface area contributed by atoms with E-state index in [4.69, 9.17) is 5.73 Å². The molecule has 1 unspecified atom stereocenters. The van der Waals surface area contributed by atoms with Crippen molar-refractivity contribution >= 4 is 0 Å². The van der Waals surface area contributed by atoms with Crippen LogP contribution in [0.15, 0.2) is 24.3 Å². The van der Waals surface area contributed by atoms with Gasteiger partial charge in [0.15, 0.2) is 0 Å². The summed E-state index contributed by atoms with van der Waals surface area (Å²) >= 11 is 0. The minimum atomic E-state index is 0.602. The summed E-state index contributed by atoms with van der Waals surface area (Å²) < 4.78 is 0. The van der Waals surface area contributed by atoms with E-state index < -0.39 is 0 Å². The second-order valence-corrected chi connectivity index (χ2v) is 7.76. The van der Waals surface area contributed by atoms with Crippen molar-refractivity contribution in [1.29, 1.82) is 0 Å². The average Bonchev–Trinajstić information content (AvgIpc) is 2.42. The zero-order valence-corrected chi connectivity index (χ0v) is 12.6. The van der Waals surface area contributed by atoms with Gasteiger partial charge in [-0.15, -0.1) is 0 Å². The van der Waals surface area contributed by atoms with Gasteiger partial charge in [-0.1, -0.05) is 29.8 Å². The molecular weight excluding hydrogens is 242 g/mol. The van der Waals surface area contributed by atoms with Crippen LogP contribution in [0.3, 0.4) is 0 Å². The van der Waals surface area contributed by atoms with Gasteiger partial charge in [-0.05, 0) is 86.6 Å². The van der Waals surface area contributed by atoms with Gasteiger partial charge in [0.05, 0.1) is 0 Å². The molecule has 2 N–H and O–H groups in total. The van der Waals surface area contributed by atoms with Crippen molar-refractivity contribution in [2.45, 2.75) is 44.9 Å². The average molecular weight is 269 g/mol. The van der Waals surface area contributed by atoms with Crippen molar-refractivity contribution in [3.63, 3.8) is 0 Å². The summed E-state index contributed by atoms with van der Waals surface area (Å²) in [4.78, 5) is 0. The van der Waals surface area contributed by atoms with Gasteiger partial charge in [0.1, 0.15) is 0 Å². The normalized spacial score (nSPS) is 40.0. The van der Waals surface area contributed by atoms with Gasteiger partial charge in [0, 0.05) is 0 Å². The molecule has 1 nitrogen and oxygen atoms in total. The van der Waals surface area contributed by atoms with Gasteiger partial charge in [-0.3, -0.25) is 0 Å². The first-order chi connectivity index (χ1) is 9.74. The molecule has 0 amide bonds. The third kappa shape index (κ3) is 2.02. The number of benzene rings is 1. The molecule has 0 saturated heterocycles. The second kappa shape index (κ2) is 4.87. The highest BCUT2D eigenvalue weighted by atomic mass is 14.6. The van der Waals surface area contributed by atoms with Crippen LogP contribution < -0.4 is 5.73 Å². The largest absolute Gasteiger partial charge is 0.330 e. The van der Waals surface area contributed by atoms with E-state index in [1.54, 1.807) is 0 Å². The summed E-state index contributed by atoms with van der Waals surface area (Å²) in [6.07, 6.45) is 7.54. The van der Waals surface area contributed by atoms with Crippen LogP contribution >= 0.6 is 0 Å². The zero-order chi connectivity index (χ0) is 13.7. The van der Waals surface area contributed by atoms with E-state index in [2.05, 4.69) is 31.2 Å². The predicted octanol–water partition coefficient (Wildman–Crippen LogP) is 4.11. The quantitative estimate of drug-likeness (QED) is 0.878. The fourth-order valence-corrected chi connectivity index (χ4v) is 6.04. The molecule has 4 aliphatic rings. The van der Waals surface area contributed by atoms with Crippen LogP contribution in [-0.2, 0) is 0 Å². The lowest BCUT2D eigenvalue weighted by Gasteiger charge is -2.56. The summed E-state index contributed by atoms with van der Waals surface area (Å²) in [7, 11) is 0. The maximum atomic E-state index is 6.23. The molecule has 1 aromatic rings. The molecule has 1 aromatic carbocycles. The Kier molecular flexibility index (Phi) is 3.14. The highest BCUT2D eigenvalue weighted by Crippen LogP contribution is 2.59. The van der Waals surface area contributed by atoms with Crippen molar-refractivity contribution in [1.82, 2.24) is 0 Å². The van der Waals surface area contributed by atoms with Gasteiger partial charge in [0.2, 0.25) is 0 Å². The zero-order valence-electron chi connectivity index (χ0n) is 12.6. The third-order valence-corrected chi connectivity index (χ3v) is 6.49. The molecule has 0 spiro atoms. The lowest BCUT2D eigenvalue weighted by atomic mass is 9.49. The predicted molar refractivity (Wildman–Crippen MR) is 83.5 cm³/mol. The van der Waals surface area contributed by atoms with Crippen LogP contribution in [0.4, 0.5) is 0 Å². The topological polar surface area (TPSA) is 26.0 Å². The Labute approximate surface area is 122 Å². The molecule has 1 heteroatoms. The number of rotatable bonds is 3. The molecule has 108 valence electrons. The highest BCUT2D eigenvalue weighted by Gasteiger charge is 2.50. The van der Waals surface area contributed by atoms with Crippen molar-refractivity contribution < 1.29 is 0 Å². The van der Waals surface area contributed by atoms with Crippen LogP contribution in [0.1, 0.15) is 49.1 Å². The molecule has 4 saturated carbocycles. The summed E-state index contributed by atoms with van der Waals surface area (Å²) in [6.45, 7) is 3.03. The Morgan fingerprint density at radius 3 is 2.25 bits per heavy atom. The second-order valence-electron chi connectivity index (χ2n) is 7.76. The number of nitrogens with two attached hydrogens (primary N) is 1. The van der Waals surface area contributed by atoms with Crippen LogP contribution in [0.25, 0.3) is 0 Å². The molecule has 4 aliphatic carbocycles. The van der Waals surface area contributed by atoms with E-state index in [1.165, 1.54) is 43.2 Å². The molecule has 0 radical (unpaired) electrons. The Morgan fingerprint density at radius 2 is 1.70 bits per heavy atom. The lowest BCUT2D eigenvalue weighted by molar-refractivity contribution is -0.0467. The number of hydrogen-bond acceptors (Lipinski definition) is 1. The maximum Gasteiger partial charge on any atom is -0.000516 e. The smallest absolute Gasteiger partial charge is 0.000516 e. The first-order valence-corrected chi connectivity index (χ1v) is 8.51. The Hall–Kier alpha value is -0.820.